The molecule has 5 aromatic heterocycles. The Balaban J connectivity index is 0.000000196. The van der Waals surface area contributed by atoms with E-state index in [9.17, 15) is 49.2 Å². The lowest BCUT2D eigenvalue weighted by Gasteiger charge is -2.12. The molecular formula is C69H52N12O16S. The summed E-state index contributed by atoms with van der Waals surface area (Å²) in [5, 5.41) is 40.3. The van der Waals surface area contributed by atoms with Gasteiger partial charge in [-0.05, 0) is 97.1 Å². The van der Waals surface area contributed by atoms with Gasteiger partial charge >= 0.3 is 28.1 Å². The number of ether oxygens (including phenoxy) is 2. The number of nitrogen functional groups attached to an aromatic ring is 2. The van der Waals surface area contributed by atoms with Crippen LogP contribution in [0, 0.1) is 0 Å². The first-order chi connectivity index (χ1) is 46.5. The summed E-state index contributed by atoms with van der Waals surface area (Å²) in [6.07, 6.45) is 0. The number of H-pyrrole nitrogens is 2. The molecule has 0 amide bonds. The van der Waals surface area contributed by atoms with Gasteiger partial charge in [0.15, 0.2) is 22.3 Å². The molecule has 29 heteroatoms. The fourth-order valence-corrected chi connectivity index (χ4v) is 9.04. The minimum Gasteiger partial charge on any atom is -0.492 e. The van der Waals surface area contributed by atoms with Crippen LogP contribution in [0.1, 0.15) is 48.9 Å². The lowest BCUT2D eigenvalue weighted by Crippen LogP contribution is -2.26. The molecule has 13 rings (SSSR count). The van der Waals surface area contributed by atoms with Gasteiger partial charge in [-0.25, -0.2) is 24.7 Å². The predicted octanol–water partition coefficient (Wildman–Crippen LogP) is 10.3. The topological polar surface area (TPSA) is 463 Å². The van der Waals surface area contributed by atoms with Crippen molar-refractivity contribution >= 4 is 67.4 Å². The van der Waals surface area contributed by atoms with E-state index in [2.05, 4.69) is 44.9 Å². The molecule has 0 radical (unpaired) electrons. The Morgan fingerprint density at radius 1 is 0.367 bits per heavy atom. The minimum atomic E-state index is -4.67. The van der Waals surface area contributed by atoms with Gasteiger partial charge in [-0.1, -0.05) is 129 Å². The van der Waals surface area contributed by atoms with Crippen LogP contribution in [-0.2, 0) is 10.4 Å². The zero-order valence-corrected chi connectivity index (χ0v) is 50.5. The maximum Gasteiger partial charge on any atom is 0.394 e. The lowest BCUT2D eigenvalue weighted by atomic mass is 10.0. The zero-order chi connectivity index (χ0) is 68.9. The number of fused-ring (bicyclic) bond motifs is 2. The first kappa shape index (κ1) is 68.6. The molecule has 0 saturated carbocycles. The summed E-state index contributed by atoms with van der Waals surface area (Å²) in [5.74, 6) is -1.36. The fraction of sp³-hybridized carbons (Fsp3) is 0.0145. The summed E-state index contributed by atoms with van der Waals surface area (Å²) in [6.45, 7) is 0. The van der Waals surface area contributed by atoms with Gasteiger partial charge in [-0.15, -0.1) is 0 Å². The molecule has 0 aliphatic carbocycles. The van der Waals surface area contributed by atoms with Crippen molar-refractivity contribution in [2.24, 2.45) is 0 Å². The van der Waals surface area contributed by atoms with E-state index in [1.807, 2.05) is 89.9 Å². The normalized spacial score (nSPS) is 10.6. The third-order valence-electron chi connectivity index (χ3n) is 13.6. The van der Waals surface area contributed by atoms with Crippen molar-refractivity contribution in [2.45, 2.75) is 7.43 Å². The van der Waals surface area contributed by atoms with Gasteiger partial charge in [-0.2, -0.15) is 28.4 Å². The molecule has 0 atom stereocenters. The molecule has 0 fully saturated rings. The van der Waals surface area contributed by atoms with Gasteiger partial charge in [0.05, 0.1) is 22.8 Å². The highest BCUT2D eigenvalue weighted by Crippen LogP contribution is 2.37. The van der Waals surface area contributed by atoms with E-state index < -0.39 is 68.6 Å². The molecule has 98 heavy (non-hydrogen) atoms. The highest BCUT2D eigenvalue weighted by molar-refractivity contribution is 7.79. The lowest BCUT2D eigenvalue weighted by molar-refractivity contribution is 0.0817. The maximum absolute atomic E-state index is 12.4. The summed E-state index contributed by atoms with van der Waals surface area (Å²) >= 11 is 0. The summed E-state index contributed by atoms with van der Waals surface area (Å²) in [7, 11) is -4.67. The van der Waals surface area contributed by atoms with Gasteiger partial charge in [0, 0.05) is 44.5 Å². The number of hydrogen-bond donors (Lipinski definition) is 10. The molecule has 0 aliphatic heterocycles. The zero-order valence-electron chi connectivity index (χ0n) is 49.7. The van der Waals surface area contributed by atoms with Gasteiger partial charge in [0.25, 0.3) is 5.56 Å². The largest absolute Gasteiger partial charge is 0.492 e. The number of nitrogens with zero attached hydrogens (tertiary/aromatic N) is 8. The average Bonchev–Trinajstić information content (AvgIpc) is 0.776. The van der Waals surface area contributed by atoms with Crippen LogP contribution in [0.3, 0.4) is 0 Å². The Morgan fingerprint density at radius 2 is 0.643 bits per heavy atom. The predicted molar refractivity (Wildman–Crippen MR) is 359 cm³/mol. The molecule has 28 nitrogen and oxygen atoms in total. The van der Waals surface area contributed by atoms with Crippen LogP contribution in [0.15, 0.2) is 228 Å². The number of benzene rings is 8. The highest BCUT2D eigenvalue weighted by atomic mass is 32.3. The third-order valence-corrected chi connectivity index (χ3v) is 13.6. The number of carbonyl (C=O) groups is 4. The van der Waals surface area contributed by atoms with Gasteiger partial charge in [-0.3, -0.25) is 43.0 Å². The molecule has 5 heterocycles. The first-order valence-corrected chi connectivity index (χ1v) is 29.6. The molecule has 0 aliphatic rings. The van der Waals surface area contributed by atoms with Crippen LogP contribution >= 0.6 is 0 Å². The molecular weight excluding hydrogens is 1280 g/mol. The number of hydrogen-bond acceptors (Lipinski definition) is 24. The van der Waals surface area contributed by atoms with E-state index in [1.54, 1.807) is 109 Å². The van der Waals surface area contributed by atoms with Crippen LogP contribution in [0.5, 0.6) is 46.8 Å². The number of carbonyl (C=O) groups excluding carboxylic acids is 4. The molecule has 0 unspecified atom stereocenters. The SMILES string of the molecule is C.Nc1[nH]c(=O)[nH]c(=O)c1N.O=C(C(=O)c1ccc(Oc2ccc(C(=O)C(=O)c3ccccc3)cc2)cc1)c1ccccc1.O=S(=O)(O)O.Oc1nc(O)c2nc(-c3ccccc3)c(-c3ccc(Oc4ccc(-c5nc6nc(O)nc(O)c6nc5-c5ccccc5)cc4)cc3)nc2n1. The number of nitrogens with two attached hydrogens (primary N) is 2. The summed E-state index contributed by atoms with van der Waals surface area (Å²) in [4.78, 5) is 108. The van der Waals surface area contributed by atoms with Crippen molar-refractivity contribution in [1.29, 1.82) is 0 Å². The van der Waals surface area contributed by atoms with Crippen LogP contribution in [-0.4, -0.2) is 111 Å². The Kier molecular flexibility index (Phi) is 21.2. The summed E-state index contributed by atoms with van der Waals surface area (Å²) in [6, 6.07) is 61.3. The van der Waals surface area contributed by atoms with Crippen LogP contribution in [0.2, 0.25) is 0 Å². The van der Waals surface area contributed by atoms with E-state index in [0.29, 0.717) is 68.0 Å². The number of aromatic nitrogens is 10. The molecule has 13 aromatic rings. The number of aromatic hydroxyl groups is 4. The number of Topliss-reactive ketones (excluding diaryl/α,β-unsaturated/α-hetero) is 4. The number of nitrogens with one attached hydrogen (secondary N) is 2. The van der Waals surface area contributed by atoms with Crippen molar-refractivity contribution in [1.82, 2.24) is 49.8 Å². The average molecular weight is 1340 g/mol. The quantitative estimate of drug-likeness (QED) is 0.0275. The van der Waals surface area contributed by atoms with Gasteiger partial charge in [0.1, 0.15) is 34.5 Å². The number of rotatable bonds is 14. The van der Waals surface area contributed by atoms with Crippen LogP contribution < -0.4 is 32.2 Å². The Labute approximate surface area is 553 Å². The maximum atomic E-state index is 12.4. The van der Waals surface area contributed by atoms with E-state index in [0.717, 1.165) is 11.1 Å². The Bertz CT molecular complexity index is 5030. The van der Waals surface area contributed by atoms with E-state index in [-0.39, 0.29) is 52.4 Å². The van der Waals surface area contributed by atoms with Crippen LogP contribution in [0.25, 0.3) is 67.4 Å². The number of ketones is 4. The van der Waals surface area contributed by atoms with E-state index in [4.69, 9.17) is 38.5 Å². The molecule has 0 bridgehead atoms. The van der Waals surface area contributed by atoms with Gasteiger partial charge < -0.3 is 41.4 Å². The standard InChI is InChI=1S/C36H22N8O5.C28H18O5.C4H6N4O2.CH4.H2O4S/c45-33-29-31(41-35(47)43-33)39-27(25(37-29)19-7-3-1-4-8-19)21-11-15-23(16-12-21)49-24-17-13-22(14-18-24)28-26(20-9-5-2-6-10-20)38-30-32(40-28)42-36(48)44-34(30)46;29-25(19-7-3-1-4-8-19)27(31)21-11-15-23(16-12-21)33-24-17-13-22(14-18-24)28(32)26(30)20-9-5-2-6-10-20;5-1-2(6)7-4(10)8-3(1)9;;1-5(2,3)4/h1-18H,(H2,39,41,43,45,47)(H2,40,42,44,46,48);1-18H;5H2,(H4,6,7,8,9,10);1H4;(H2,1,2,3,4). The molecule has 0 saturated heterocycles. The molecule has 12 N–H and O–H groups in total. The van der Waals surface area contributed by atoms with Crippen molar-refractivity contribution < 1.29 is 66.6 Å². The Hall–Kier alpha value is -13.8. The second-order valence-corrected chi connectivity index (χ2v) is 21.0. The third kappa shape index (κ3) is 17.1. The van der Waals surface area contributed by atoms with Crippen molar-refractivity contribution in [3.05, 3.63) is 261 Å². The minimum absolute atomic E-state index is 0. The van der Waals surface area contributed by atoms with E-state index in [1.165, 1.54) is 24.3 Å². The highest BCUT2D eigenvalue weighted by Gasteiger charge is 2.23. The second-order valence-electron chi connectivity index (χ2n) is 20.1. The van der Waals surface area contributed by atoms with Gasteiger partial charge in [0.2, 0.25) is 34.9 Å². The van der Waals surface area contributed by atoms with Crippen molar-refractivity contribution in [2.75, 3.05) is 11.5 Å². The van der Waals surface area contributed by atoms with E-state index >= 15 is 0 Å². The molecule has 8 aromatic carbocycles. The number of aromatic amines is 2. The molecule has 490 valence electrons. The van der Waals surface area contributed by atoms with Crippen LogP contribution in [0.4, 0.5) is 11.5 Å². The first-order valence-electron chi connectivity index (χ1n) is 28.2. The number of anilines is 2. The summed E-state index contributed by atoms with van der Waals surface area (Å²) < 4.78 is 43.5. The van der Waals surface area contributed by atoms with Crippen molar-refractivity contribution in [3.8, 4) is 91.8 Å². The monoisotopic (exact) mass is 1340 g/mol. The fourth-order valence-electron chi connectivity index (χ4n) is 9.04. The molecule has 0 spiro atoms. The Morgan fingerprint density at radius 3 is 0.959 bits per heavy atom. The smallest absolute Gasteiger partial charge is 0.394 e. The summed E-state index contributed by atoms with van der Waals surface area (Å²) in [5.41, 5.74) is 15.1. The van der Waals surface area contributed by atoms with Crippen molar-refractivity contribution in [3.63, 3.8) is 0 Å². The second kappa shape index (κ2) is 30.3.